The van der Waals surface area contributed by atoms with Crippen LogP contribution < -0.4 is 11.1 Å². The Bertz CT molecular complexity index is 967. The summed E-state index contributed by atoms with van der Waals surface area (Å²) in [5.74, 6) is -3.19. The van der Waals surface area contributed by atoms with Crippen molar-refractivity contribution in [3.8, 4) is 0 Å². The topological polar surface area (TPSA) is 163 Å². The van der Waals surface area contributed by atoms with E-state index in [4.69, 9.17) is 5.73 Å². The molecular weight excluding hydrogens is 420 g/mol. The Labute approximate surface area is 173 Å². The highest BCUT2D eigenvalue weighted by molar-refractivity contribution is 8.00. The minimum absolute atomic E-state index is 0.0218. The smallest absolute Gasteiger partial charge is 0.352 e. The zero-order chi connectivity index (χ0) is 21.5. The summed E-state index contributed by atoms with van der Waals surface area (Å²) < 4.78 is 0. The number of thiazole rings is 1. The third-order valence-electron chi connectivity index (χ3n) is 4.45. The van der Waals surface area contributed by atoms with Gasteiger partial charge in [0.1, 0.15) is 17.1 Å². The first kappa shape index (κ1) is 20.9. The number of nitrogen functional groups attached to an aromatic ring is 1. The van der Waals surface area contributed by atoms with E-state index in [0.717, 1.165) is 16.2 Å². The number of rotatable bonds is 6. The normalized spacial score (nSPS) is 21.7. The van der Waals surface area contributed by atoms with E-state index in [9.17, 15) is 29.4 Å². The van der Waals surface area contributed by atoms with Gasteiger partial charge in [0.2, 0.25) is 0 Å². The lowest BCUT2D eigenvalue weighted by atomic mass is 9.89. The van der Waals surface area contributed by atoms with Gasteiger partial charge in [0.25, 0.3) is 11.8 Å². The van der Waals surface area contributed by atoms with E-state index in [1.165, 1.54) is 43.1 Å². The molecule has 10 nitrogen and oxygen atoms in total. The number of nitrogens with two attached hydrogens (primary N) is 1. The van der Waals surface area contributed by atoms with E-state index in [1.54, 1.807) is 0 Å². The van der Waals surface area contributed by atoms with Crippen molar-refractivity contribution in [3.63, 3.8) is 0 Å². The fourth-order valence-corrected chi connectivity index (χ4v) is 4.60. The summed E-state index contributed by atoms with van der Waals surface area (Å²) >= 11 is 2.41. The molecule has 0 spiro atoms. The molecule has 3 heterocycles. The van der Waals surface area contributed by atoms with Gasteiger partial charge in [-0.15, -0.1) is 23.1 Å². The highest BCUT2D eigenvalue weighted by Gasteiger charge is 2.53. The number of carbonyl (C=O) groups excluding carboxylic acids is 2. The van der Waals surface area contributed by atoms with Gasteiger partial charge in [0, 0.05) is 11.1 Å². The molecule has 2 aliphatic heterocycles. The number of hydrogen-bond donors (Lipinski definition) is 4. The number of nitrogens with one attached hydrogen (secondary N) is 1. The summed E-state index contributed by atoms with van der Waals surface area (Å²) in [5.41, 5.74) is 4.33. The molecule has 1 saturated heterocycles. The van der Waals surface area contributed by atoms with Crippen molar-refractivity contribution in [2.45, 2.75) is 25.3 Å². The molecule has 0 bridgehead atoms. The summed E-state index contributed by atoms with van der Waals surface area (Å²) in [6.07, 6.45) is 2.70. The maximum Gasteiger partial charge on any atom is 0.352 e. The number of β-lactam (4-membered cyclic amide) rings is 1. The Morgan fingerprint density at radius 1 is 1.38 bits per heavy atom. The molecule has 3 rings (SSSR count). The number of hydrogen-bond acceptors (Lipinski definition) is 8. The summed E-state index contributed by atoms with van der Waals surface area (Å²) in [6.45, 7) is 2.85. The zero-order valence-corrected chi connectivity index (χ0v) is 17.0. The predicted octanol–water partition coefficient (Wildman–Crippen LogP) is 0.588. The maximum atomic E-state index is 12.9. The highest BCUT2D eigenvalue weighted by atomic mass is 32.2. The van der Waals surface area contributed by atoms with Gasteiger partial charge < -0.3 is 21.3 Å². The van der Waals surface area contributed by atoms with Crippen LogP contribution in [-0.4, -0.2) is 61.0 Å². The lowest BCUT2D eigenvalue weighted by Crippen LogP contribution is -2.70. The van der Waals surface area contributed by atoms with Crippen molar-refractivity contribution >= 4 is 57.6 Å². The van der Waals surface area contributed by atoms with Crippen LogP contribution in [0.1, 0.15) is 19.5 Å². The SMILES string of the molecule is CC(C)(C=C(C(=O)N[C@@H]1C(=O)N2C(C(=O)O)=CCS[C@H]12)c1csc(N)n1)C(=O)O. The molecule has 1 fully saturated rings. The van der Waals surface area contributed by atoms with Crippen LogP contribution in [0.25, 0.3) is 5.57 Å². The van der Waals surface area contributed by atoms with Gasteiger partial charge in [-0.25, -0.2) is 9.78 Å². The average molecular weight is 438 g/mol. The minimum atomic E-state index is -1.38. The maximum absolute atomic E-state index is 12.9. The first-order valence-electron chi connectivity index (χ1n) is 8.39. The number of carboxylic acid groups (broad SMARTS) is 2. The standard InChI is InChI=1S/C17H18N4O6S2/c1-17(2,15(26)27)5-7(8-6-29-16(18)19-8)11(22)20-10-12(23)21-9(14(24)25)3-4-28-13(10)21/h3,5-6,10,13H,4H2,1-2H3,(H2,18,19)(H,20,22)(H,24,25)(H,26,27)/t10-,13-/m1/s1. The van der Waals surface area contributed by atoms with Gasteiger partial charge >= 0.3 is 11.9 Å². The number of aliphatic carboxylic acids is 2. The van der Waals surface area contributed by atoms with Crippen molar-refractivity contribution in [1.82, 2.24) is 15.2 Å². The van der Waals surface area contributed by atoms with E-state index in [0.29, 0.717) is 5.75 Å². The predicted molar refractivity (Wildman–Crippen MR) is 107 cm³/mol. The first-order valence-corrected chi connectivity index (χ1v) is 10.3. The summed E-state index contributed by atoms with van der Waals surface area (Å²) in [5, 5.41) is 22.4. The van der Waals surface area contributed by atoms with E-state index in [-0.39, 0.29) is 22.1 Å². The molecular formula is C17H18N4O6S2. The number of carbonyl (C=O) groups is 4. The molecule has 2 amide bonds. The van der Waals surface area contributed by atoms with Crippen LogP contribution >= 0.6 is 23.1 Å². The van der Waals surface area contributed by atoms with E-state index < -0.39 is 40.6 Å². The summed E-state index contributed by atoms with van der Waals surface area (Å²) in [4.78, 5) is 53.4. The van der Waals surface area contributed by atoms with Crippen LogP contribution in [0.5, 0.6) is 0 Å². The van der Waals surface area contributed by atoms with E-state index in [2.05, 4.69) is 10.3 Å². The highest BCUT2D eigenvalue weighted by Crippen LogP contribution is 2.38. The zero-order valence-electron chi connectivity index (χ0n) is 15.4. The van der Waals surface area contributed by atoms with Crippen molar-refractivity contribution in [3.05, 3.63) is 28.9 Å². The van der Waals surface area contributed by atoms with Crippen LogP contribution in [0.4, 0.5) is 5.13 Å². The molecule has 5 N–H and O–H groups in total. The second-order valence-electron chi connectivity index (χ2n) is 6.93. The number of carboxylic acids is 2. The molecule has 0 aromatic carbocycles. The molecule has 29 heavy (non-hydrogen) atoms. The van der Waals surface area contributed by atoms with Crippen LogP contribution in [0, 0.1) is 5.41 Å². The second kappa shape index (κ2) is 7.52. The number of nitrogens with zero attached hydrogens (tertiary/aromatic N) is 2. The van der Waals surface area contributed by atoms with Crippen molar-refractivity contribution in [1.29, 1.82) is 0 Å². The first-order chi connectivity index (χ1) is 13.5. The van der Waals surface area contributed by atoms with Crippen molar-refractivity contribution in [2.24, 2.45) is 5.41 Å². The van der Waals surface area contributed by atoms with Crippen LogP contribution in [0.3, 0.4) is 0 Å². The van der Waals surface area contributed by atoms with Gasteiger partial charge in [-0.3, -0.25) is 19.3 Å². The molecule has 1 aromatic heterocycles. The Balaban J connectivity index is 1.86. The third kappa shape index (κ3) is 3.85. The van der Waals surface area contributed by atoms with Crippen LogP contribution in [-0.2, 0) is 19.2 Å². The Hall–Kier alpha value is -2.86. The van der Waals surface area contributed by atoms with Crippen LogP contribution in [0.2, 0.25) is 0 Å². The molecule has 0 saturated carbocycles. The Kier molecular flexibility index (Phi) is 5.41. The monoisotopic (exact) mass is 438 g/mol. The fraction of sp³-hybridized carbons (Fsp3) is 0.353. The largest absolute Gasteiger partial charge is 0.481 e. The molecule has 0 aliphatic carbocycles. The van der Waals surface area contributed by atoms with Crippen molar-refractivity contribution < 1.29 is 29.4 Å². The molecule has 2 aliphatic rings. The van der Waals surface area contributed by atoms with Gasteiger partial charge in [-0.05, 0) is 19.9 Å². The van der Waals surface area contributed by atoms with Gasteiger partial charge in [-0.1, -0.05) is 6.08 Å². The number of aromatic nitrogens is 1. The van der Waals surface area contributed by atoms with E-state index >= 15 is 0 Å². The number of fused-ring (bicyclic) bond motifs is 1. The summed E-state index contributed by atoms with van der Waals surface area (Å²) in [6, 6.07) is -0.928. The number of thioether (sulfide) groups is 1. The van der Waals surface area contributed by atoms with Gasteiger partial charge in [0.05, 0.1) is 16.7 Å². The van der Waals surface area contributed by atoms with Crippen molar-refractivity contribution in [2.75, 3.05) is 11.5 Å². The molecule has 2 atom stereocenters. The fourth-order valence-electron chi connectivity index (χ4n) is 2.85. The number of amides is 2. The average Bonchev–Trinajstić information content (AvgIpc) is 3.08. The lowest BCUT2D eigenvalue weighted by Gasteiger charge is -2.48. The Morgan fingerprint density at radius 2 is 2.07 bits per heavy atom. The second-order valence-corrected chi connectivity index (χ2v) is 8.97. The van der Waals surface area contributed by atoms with Gasteiger partial charge in [0.15, 0.2) is 5.13 Å². The lowest BCUT2D eigenvalue weighted by molar-refractivity contribution is -0.150. The minimum Gasteiger partial charge on any atom is -0.481 e. The molecule has 0 unspecified atom stereocenters. The Morgan fingerprint density at radius 3 is 2.62 bits per heavy atom. The molecule has 0 radical (unpaired) electrons. The summed E-state index contributed by atoms with van der Waals surface area (Å²) in [7, 11) is 0. The quantitative estimate of drug-likeness (QED) is 0.367. The number of anilines is 1. The van der Waals surface area contributed by atoms with Crippen LogP contribution in [0.15, 0.2) is 23.2 Å². The molecule has 12 heteroatoms. The molecule has 1 aromatic rings. The van der Waals surface area contributed by atoms with E-state index in [1.807, 2.05) is 0 Å². The third-order valence-corrected chi connectivity index (χ3v) is 6.31. The molecule has 154 valence electrons. The van der Waals surface area contributed by atoms with Gasteiger partial charge in [-0.2, -0.15) is 0 Å².